The van der Waals surface area contributed by atoms with E-state index in [0.717, 1.165) is 41.5 Å². The van der Waals surface area contributed by atoms with Crippen molar-refractivity contribution < 1.29 is 24.2 Å². The first kappa shape index (κ1) is 24.8. The molecule has 1 fully saturated rings. The lowest BCUT2D eigenvalue weighted by Crippen LogP contribution is -2.62. The quantitative estimate of drug-likeness (QED) is 0.503. The second-order valence-corrected chi connectivity index (χ2v) is 10.1. The van der Waals surface area contributed by atoms with Gasteiger partial charge in [0.25, 0.3) is 0 Å². The largest absolute Gasteiger partial charge is 0.480 e. The molecule has 1 saturated carbocycles. The van der Waals surface area contributed by atoms with Gasteiger partial charge in [-0.15, -0.1) is 0 Å². The lowest BCUT2D eigenvalue weighted by Gasteiger charge is -2.37. The molecule has 35 heavy (non-hydrogen) atoms. The van der Waals surface area contributed by atoms with E-state index in [1.54, 1.807) is 0 Å². The van der Waals surface area contributed by atoms with Gasteiger partial charge in [0.05, 0.1) is 0 Å². The summed E-state index contributed by atoms with van der Waals surface area (Å²) in [7, 11) is 0. The molecule has 0 radical (unpaired) electrons. The Morgan fingerprint density at radius 2 is 1.54 bits per heavy atom. The summed E-state index contributed by atoms with van der Waals surface area (Å²) in [5, 5.41) is 15.1. The molecular weight excluding hydrogens is 444 g/mol. The molecule has 7 nitrogen and oxygen atoms in total. The van der Waals surface area contributed by atoms with Gasteiger partial charge in [0.1, 0.15) is 18.2 Å². The molecule has 0 bridgehead atoms. The summed E-state index contributed by atoms with van der Waals surface area (Å²) in [4.78, 5) is 38.0. The van der Waals surface area contributed by atoms with Gasteiger partial charge in [-0.2, -0.15) is 0 Å². The number of carbonyl (C=O) groups is 3. The Bertz CT molecular complexity index is 1040. The van der Waals surface area contributed by atoms with E-state index in [1.165, 1.54) is 0 Å². The number of ether oxygens (including phenoxy) is 1. The zero-order chi connectivity index (χ0) is 25.0. The Labute approximate surface area is 206 Å². The first-order valence-electron chi connectivity index (χ1n) is 12.5. The van der Waals surface area contributed by atoms with Crippen LogP contribution in [0.5, 0.6) is 0 Å². The van der Waals surface area contributed by atoms with Crippen LogP contribution >= 0.6 is 0 Å². The van der Waals surface area contributed by atoms with Crippen LogP contribution in [0.25, 0.3) is 11.1 Å². The van der Waals surface area contributed by atoms with Crippen LogP contribution in [-0.4, -0.2) is 41.3 Å². The number of alkyl carbamates (subject to hydrolysis) is 1. The predicted molar refractivity (Wildman–Crippen MR) is 133 cm³/mol. The fraction of sp³-hybridized carbons (Fsp3) is 0.464. The number of fused-ring (bicyclic) bond motifs is 3. The van der Waals surface area contributed by atoms with Crippen molar-refractivity contribution in [3.05, 3.63) is 59.7 Å². The summed E-state index contributed by atoms with van der Waals surface area (Å²) < 4.78 is 5.69. The van der Waals surface area contributed by atoms with Gasteiger partial charge in [0.2, 0.25) is 5.91 Å². The van der Waals surface area contributed by atoms with Gasteiger partial charge in [-0.25, -0.2) is 9.59 Å². The highest BCUT2D eigenvalue weighted by atomic mass is 16.5. The third-order valence-electron chi connectivity index (χ3n) is 7.14. The van der Waals surface area contributed by atoms with E-state index >= 15 is 0 Å². The number of hydrogen-bond acceptors (Lipinski definition) is 4. The first-order chi connectivity index (χ1) is 16.8. The topological polar surface area (TPSA) is 105 Å². The number of aliphatic carboxylic acids is 1. The number of nitrogens with one attached hydrogen (secondary N) is 2. The minimum absolute atomic E-state index is 0.0771. The zero-order valence-corrected chi connectivity index (χ0v) is 20.4. The standard InChI is InChI=1S/C28H34N2O5/c1-18(2)16-24(25(31)32)29-26(33)28(14-8-3-9-15-28)30-27(34)35-17-23-21-12-6-4-10-19(21)20-11-5-7-13-22(20)23/h4-7,10-13,18,23-24H,3,8-9,14-17H2,1-2H3,(H,29,33)(H,30,34)(H,31,32). The molecule has 2 aromatic rings. The molecule has 0 aromatic heterocycles. The van der Waals surface area contributed by atoms with Crippen molar-refractivity contribution in [2.75, 3.05) is 6.61 Å². The van der Waals surface area contributed by atoms with E-state index in [9.17, 15) is 19.5 Å². The van der Waals surface area contributed by atoms with Crippen LogP contribution < -0.4 is 10.6 Å². The number of hydrogen-bond donors (Lipinski definition) is 3. The molecule has 1 atom stereocenters. The molecule has 2 aliphatic rings. The first-order valence-corrected chi connectivity index (χ1v) is 12.5. The number of amides is 2. The molecule has 7 heteroatoms. The lowest BCUT2D eigenvalue weighted by molar-refractivity contribution is -0.143. The summed E-state index contributed by atoms with van der Waals surface area (Å²) in [5.41, 5.74) is 3.36. The Balaban J connectivity index is 1.46. The van der Waals surface area contributed by atoms with Gasteiger partial charge in [0.15, 0.2) is 0 Å². The van der Waals surface area contributed by atoms with E-state index in [4.69, 9.17) is 4.74 Å². The molecule has 4 rings (SSSR count). The minimum Gasteiger partial charge on any atom is -0.480 e. The fourth-order valence-electron chi connectivity index (χ4n) is 5.38. The molecule has 0 aliphatic heterocycles. The van der Waals surface area contributed by atoms with Crippen LogP contribution in [0.2, 0.25) is 0 Å². The lowest BCUT2D eigenvalue weighted by atomic mass is 9.80. The Morgan fingerprint density at radius 1 is 0.971 bits per heavy atom. The highest BCUT2D eigenvalue weighted by Gasteiger charge is 2.43. The summed E-state index contributed by atoms with van der Waals surface area (Å²) in [6, 6.07) is 15.2. The van der Waals surface area contributed by atoms with E-state index < -0.39 is 29.6 Å². The fourth-order valence-corrected chi connectivity index (χ4v) is 5.38. The van der Waals surface area contributed by atoms with Crippen LogP contribution in [0.4, 0.5) is 4.79 Å². The van der Waals surface area contributed by atoms with E-state index in [-0.39, 0.29) is 18.4 Å². The summed E-state index contributed by atoms with van der Waals surface area (Å²) >= 11 is 0. The van der Waals surface area contributed by atoms with Crippen molar-refractivity contribution in [2.45, 2.75) is 69.9 Å². The maximum atomic E-state index is 13.3. The molecule has 2 amide bonds. The van der Waals surface area contributed by atoms with Crippen molar-refractivity contribution in [1.29, 1.82) is 0 Å². The van der Waals surface area contributed by atoms with Crippen molar-refractivity contribution in [2.24, 2.45) is 5.92 Å². The van der Waals surface area contributed by atoms with Crippen LogP contribution in [0.15, 0.2) is 48.5 Å². The molecule has 186 valence electrons. The summed E-state index contributed by atoms with van der Waals surface area (Å²) in [5.74, 6) is -1.49. The van der Waals surface area contributed by atoms with Crippen molar-refractivity contribution >= 4 is 18.0 Å². The van der Waals surface area contributed by atoms with Gasteiger partial charge < -0.3 is 20.5 Å². The number of benzene rings is 2. The van der Waals surface area contributed by atoms with Crippen LogP contribution in [0, 0.1) is 5.92 Å². The maximum Gasteiger partial charge on any atom is 0.408 e. The highest BCUT2D eigenvalue weighted by molar-refractivity contribution is 5.93. The molecule has 2 aliphatic carbocycles. The monoisotopic (exact) mass is 478 g/mol. The zero-order valence-electron chi connectivity index (χ0n) is 20.4. The molecule has 0 heterocycles. The number of carboxylic acids is 1. The molecule has 2 aromatic carbocycles. The van der Waals surface area contributed by atoms with Crippen LogP contribution in [-0.2, 0) is 14.3 Å². The van der Waals surface area contributed by atoms with Crippen molar-refractivity contribution in [3.8, 4) is 11.1 Å². The SMILES string of the molecule is CC(C)CC(NC(=O)C1(NC(=O)OCC2c3ccccc3-c3ccccc32)CCCCC1)C(=O)O. The van der Waals surface area contributed by atoms with Gasteiger partial charge in [0, 0.05) is 5.92 Å². The third-order valence-corrected chi connectivity index (χ3v) is 7.14. The van der Waals surface area contributed by atoms with Gasteiger partial charge >= 0.3 is 12.1 Å². The minimum atomic E-state index is -1.16. The van der Waals surface area contributed by atoms with Gasteiger partial charge in [-0.1, -0.05) is 81.6 Å². The molecular formula is C28H34N2O5. The molecule has 3 N–H and O–H groups in total. The summed E-state index contributed by atoms with van der Waals surface area (Å²) in [6.07, 6.45) is 3.10. The Hall–Kier alpha value is -3.35. The molecule has 0 saturated heterocycles. The second kappa shape index (κ2) is 10.5. The molecule has 0 spiro atoms. The maximum absolute atomic E-state index is 13.3. The van der Waals surface area contributed by atoms with E-state index in [2.05, 4.69) is 34.9 Å². The van der Waals surface area contributed by atoms with E-state index in [0.29, 0.717) is 19.3 Å². The average molecular weight is 479 g/mol. The van der Waals surface area contributed by atoms with Crippen LogP contribution in [0.1, 0.15) is 69.4 Å². The number of rotatable bonds is 8. The Kier molecular flexibility index (Phi) is 7.43. The Morgan fingerprint density at radius 3 is 2.09 bits per heavy atom. The van der Waals surface area contributed by atoms with Gasteiger partial charge in [-0.05, 0) is 47.4 Å². The predicted octanol–water partition coefficient (Wildman–Crippen LogP) is 4.84. The second-order valence-electron chi connectivity index (χ2n) is 10.1. The molecule has 1 unspecified atom stereocenters. The third kappa shape index (κ3) is 5.34. The normalized spacial score (nSPS) is 17.2. The smallest absolute Gasteiger partial charge is 0.408 e. The summed E-state index contributed by atoms with van der Waals surface area (Å²) in [6.45, 7) is 3.98. The van der Waals surface area contributed by atoms with Crippen LogP contribution in [0.3, 0.4) is 0 Å². The van der Waals surface area contributed by atoms with E-state index in [1.807, 2.05) is 38.1 Å². The van der Waals surface area contributed by atoms with Gasteiger partial charge in [-0.3, -0.25) is 4.79 Å². The number of carbonyl (C=O) groups excluding carboxylic acids is 2. The average Bonchev–Trinajstić information content (AvgIpc) is 3.16. The van der Waals surface area contributed by atoms with Crippen molar-refractivity contribution in [1.82, 2.24) is 10.6 Å². The van der Waals surface area contributed by atoms with Crippen molar-refractivity contribution in [3.63, 3.8) is 0 Å². The number of carboxylic acid groups (broad SMARTS) is 1. The highest BCUT2D eigenvalue weighted by Crippen LogP contribution is 2.44.